The highest BCUT2D eigenvalue weighted by Crippen LogP contribution is 2.21. The molecule has 4 rings (SSSR count). The smallest absolute Gasteiger partial charge is 0.251 e. The Bertz CT molecular complexity index is 995. The minimum absolute atomic E-state index is 0.167. The van der Waals surface area contributed by atoms with Crippen molar-refractivity contribution in [3.63, 3.8) is 0 Å². The molecule has 118 valence electrons. The van der Waals surface area contributed by atoms with Crippen molar-refractivity contribution in [2.75, 3.05) is 0 Å². The van der Waals surface area contributed by atoms with Crippen molar-refractivity contribution in [2.45, 2.75) is 6.54 Å². The van der Waals surface area contributed by atoms with Gasteiger partial charge >= 0.3 is 0 Å². The van der Waals surface area contributed by atoms with Gasteiger partial charge < -0.3 is 9.73 Å². The summed E-state index contributed by atoms with van der Waals surface area (Å²) in [4.78, 5) is 16.7. The number of nitrogens with one attached hydrogen (secondary N) is 1. The van der Waals surface area contributed by atoms with E-state index in [2.05, 4.69) is 19.0 Å². The number of furan rings is 1. The first-order valence-corrected chi connectivity index (χ1v) is 8.02. The fourth-order valence-corrected chi connectivity index (χ4v) is 2.93. The molecule has 0 spiro atoms. The molecule has 1 aromatic carbocycles. The number of fused-ring (bicyclic) bond motifs is 1. The molecule has 0 aliphatic carbocycles. The lowest BCUT2D eigenvalue weighted by atomic mass is 10.1. The first-order chi connectivity index (χ1) is 11.8. The molecule has 1 amide bonds. The average Bonchev–Trinajstić information content (AvgIpc) is 3.30. The molecule has 24 heavy (non-hydrogen) atoms. The maximum atomic E-state index is 12.4. The van der Waals surface area contributed by atoms with Crippen LogP contribution in [0.4, 0.5) is 0 Å². The van der Waals surface area contributed by atoms with E-state index in [-0.39, 0.29) is 5.91 Å². The molecule has 0 radical (unpaired) electrons. The Morgan fingerprint density at radius 2 is 2.04 bits per heavy atom. The number of carbonyl (C=O) groups excluding carboxylic acids is 1. The number of benzene rings is 1. The highest BCUT2D eigenvalue weighted by molar-refractivity contribution is 7.00. The molecule has 0 saturated heterocycles. The number of nitrogens with zero attached hydrogens (tertiary/aromatic N) is 3. The lowest BCUT2D eigenvalue weighted by molar-refractivity contribution is 0.0951. The first kappa shape index (κ1) is 14.5. The van der Waals surface area contributed by atoms with E-state index in [9.17, 15) is 4.79 Å². The van der Waals surface area contributed by atoms with Gasteiger partial charge in [-0.15, -0.1) is 0 Å². The summed E-state index contributed by atoms with van der Waals surface area (Å²) in [5.41, 5.74) is 3.69. The van der Waals surface area contributed by atoms with Gasteiger partial charge in [-0.2, -0.15) is 8.75 Å². The van der Waals surface area contributed by atoms with Crippen LogP contribution in [0, 0.1) is 0 Å². The quantitative estimate of drug-likeness (QED) is 0.618. The van der Waals surface area contributed by atoms with Crippen LogP contribution in [0.3, 0.4) is 0 Å². The Morgan fingerprint density at radius 1 is 1.12 bits per heavy atom. The lowest BCUT2D eigenvalue weighted by Crippen LogP contribution is -2.23. The number of carbonyl (C=O) groups is 1. The minimum Gasteiger partial charge on any atom is -0.463 e. The van der Waals surface area contributed by atoms with E-state index in [4.69, 9.17) is 4.42 Å². The summed E-state index contributed by atoms with van der Waals surface area (Å²) >= 11 is 1.13. The molecule has 4 aromatic rings. The number of rotatable bonds is 4. The molecular formula is C17H12N4O2S. The van der Waals surface area contributed by atoms with Gasteiger partial charge in [0.1, 0.15) is 16.7 Å². The Kier molecular flexibility index (Phi) is 3.76. The third kappa shape index (κ3) is 2.77. The van der Waals surface area contributed by atoms with Gasteiger partial charge in [-0.3, -0.25) is 9.78 Å². The van der Waals surface area contributed by atoms with Crippen molar-refractivity contribution < 1.29 is 9.21 Å². The second-order valence-electron chi connectivity index (χ2n) is 5.14. The maximum absolute atomic E-state index is 12.4. The van der Waals surface area contributed by atoms with E-state index < -0.39 is 0 Å². The molecule has 0 fully saturated rings. The number of hydrogen-bond donors (Lipinski definition) is 1. The molecule has 0 saturated carbocycles. The summed E-state index contributed by atoms with van der Waals surface area (Å²) in [7, 11) is 0. The van der Waals surface area contributed by atoms with E-state index in [1.54, 1.807) is 30.7 Å². The summed E-state index contributed by atoms with van der Waals surface area (Å²) in [5.74, 6) is 0.508. The second kappa shape index (κ2) is 6.21. The van der Waals surface area contributed by atoms with Gasteiger partial charge in [0.2, 0.25) is 0 Å². The van der Waals surface area contributed by atoms with Crippen LogP contribution in [0.5, 0.6) is 0 Å². The van der Waals surface area contributed by atoms with Gasteiger partial charge in [-0.25, -0.2) is 0 Å². The molecule has 0 bridgehead atoms. The van der Waals surface area contributed by atoms with E-state index in [0.29, 0.717) is 17.9 Å². The maximum Gasteiger partial charge on any atom is 0.251 e. The molecule has 3 aromatic heterocycles. The van der Waals surface area contributed by atoms with Crippen LogP contribution in [0.2, 0.25) is 0 Å². The Labute approximate surface area is 141 Å². The molecule has 7 heteroatoms. The van der Waals surface area contributed by atoms with E-state index in [1.807, 2.05) is 24.3 Å². The van der Waals surface area contributed by atoms with Crippen LogP contribution in [-0.2, 0) is 6.54 Å². The van der Waals surface area contributed by atoms with Gasteiger partial charge in [-0.1, -0.05) is 6.07 Å². The van der Waals surface area contributed by atoms with E-state index in [0.717, 1.165) is 34.0 Å². The van der Waals surface area contributed by atoms with Gasteiger partial charge in [0.15, 0.2) is 5.76 Å². The molecule has 0 aliphatic rings. The Balaban J connectivity index is 1.53. The summed E-state index contributed by atoms with van der Waals surface area (Å²) in [6.07, 6.45) is 3.30. The third-order valence-electron chi connectivity index (χ3n) is 3.60. The van der Waals surface area contributed by atoms with Gasteiger partial charge in [-0.05, 0) is 36.4 Å². The van der Waals surface area contributed by atoms with Crippen molar-refractivity contribution in [2.24, 2.45) is 0 Å². The number of amides is 1. The van der Waals surface area contributed by atoms with Crippen molar-refractivity contribution in [1.29, 1.82) is 0 Å². The predicted octanol–water partition coefficient (Wildman–Crippen LogP) is 3.28. The zero-order chi connectivity index (χ0) is 16.4. The van der Waals surface area contributed by atoms with Gasteiger partial charge in [0.25, 0.3) is 5.91 Å². The zero-order valence-electron chi connectivity index (χ0n) is 12.5. The van der Waals surface area contributed by atoms with Crippen LogP contribution in [0.1, 0.15) is 15.9 Å². The molecule has 1 N–H and O–H groups in total. The standard InChI is InChI=1S/C17H12N4O2S/c22-17(11-5-6-13-14(9-11)21-24-20-13)19-10-12-3-1-7-18-16(12)15-4-2-8-23-15/h1-9H,10H2,(H,19,22). The molecule has 3 heterocycles. The van der Waals surface area contributed by atoms with Crippen LogP contribution in [0.15, 0.2) is 59.3 Å². The molecule has 0 aliphatic heterocycles. The lowest BCUT2D eigenvalue weighted by Gasteiger charge is -2.08. The molecular weight excluding hydrogens is 324 g/mol. The molecule has 0 unspecified atom stereocenters. The largest absolute Gasteiger partial charge is 0.463 e. The highest BCUT2D eigenvalue weighted by Gasteiger charge is 2.12. The van der Waals surface area contributed by atoms with Crippen LogP contribution in [0.25, 0.3) is 22.5 Å². The molecule has 0 atom stereocenters. The van der Waals surface area contributed by atoms with Crippen LogP contribution < -0.4 is 5.32 Å². The average molecular weight is 336 g/mol. The van der Waals surface area contributed by atoms with Crippen molar-refractivity contribution in [3.05, 3.63) is 66.1 Å². The highest BCUT2D eigenvalue weighted by atomic mass is 32.1. The van der Waals surface area contributed by atoms with Gasteiger partial charge in [0.05, 0.1) is 18.0 Å². The Hall–Kier alpha value is -3.06. The predicted molar refractivity (Wildman–Crippen MR) is 90.5 cm³/mol. The summed E-state index contributed by atoms with van der Waals surface area (Å²) in [6, 6.07) is 12.7. The van der Waals surface area contributed by atoms with Crippen LogP contribution in [-0.4, -0.2) is 19.6 Å². The third-order valence-corrected chi connectivity index (χ3v) is 4.16. The second-order valence-corrected chi connectivity index (χ2v) is 5.67. The van der Waals surface area contributed by atoms with E-state index >= 15 is 0 Å². The van der Waals surface area contributed by atoms with E-state index in [1.165, 1.54) is 0 Å². The zero-order valence-corrected chi connectivity index (χ0v) is 13.3. The summed E-state index contributed by atoms with van der Waals surface area (Å²) in [6.45, 7) is 0.357. The van der Waals surface area contributed by atoms with Gasteiger partial charge in [0, 0.05) is 23.9 Å². The number of pyridine rings is 1. The monoisotopic (exact) mass is 336 g/mol. The first-order valence-electron chi connectivity index (χ1n) is 7.29. The van der Waals surface area contributed by atoms with Crippen LogP contribution >= 0.6 is 11.7 Å². The topological polar surface area (TPSA) is 80.9 Å². The fourth-order valence-electron chi connectivity index (χ4n) is 2.42. The fraction of sp³-hybridized carbons (Fsp3) is 0.0588. The normalized spacial score (nSPS) is 10.8. The van der Waals surface area contributed by atoms with Crippen molar-refractivity contribution in [3.8, 4) is 11.5 Å². The minimum atomic E-state index is -0.167. The van der Waals surface area contributed by atoms with Crippen molar-refractivity contribution in [1.82, 2.24) is 19.0 Å². The van der Waals surface area contributed by atoms with Crippen molar-refractivity contribution >= 4 is 28.7 Å². The Morgan fingerprint density at radius 3 is 2.92 bits per heavy atom. The SMILES string of the molecule is O=C(NCc1cccnc1-c1ccco1)c1ccc2nsnc2c1. The summed E-state index contributed by atoms with van der Waals surface area (Å²) in [5, 5.41) is 2.91. The number of aromatic nitrogens is 3. The summed E-state index contributed by atoms with van der Waals surface area (Å²) < 4.78 is 13.7. The number of hydrogen-bond acceptors (Lipinski definition) is 6. The molecule has 6 nitrogen and oxygen atoms in total.